The third-order valence-corrected chi connectivity index (χ3v) is 3.44. The minimum Gasteiger partial charge on any atom is -0.393 e. The molecule has 0 spiro atoms. The average molecular weight is 246 g/mol. The van der Waals surface area contributed by atoms with Crippen molar-refractivity contribution in [3.63, 3.8) is 0 Å². The summed E-state index contributed by atoms with van der Waals surface area (Å²) in [4.78, 5) is 4.64. The zero-order valence-corrected chi connectivity index (χ0v) is 11.3. The second-order valence-corrected chi connectivity index (χ2v) is 4.91. The Hall–Kier alpha value is -1.35. The lowest BCUT2D eigenvalue weighted by Gasteiger charge is -2.08. The smallest absolute Gasteiger partial charge is 0.109 e. The first-order valence-electron chi connectivity index (χ1n) is 6.80. The second-order valence-electron chi connectivity index (χ2n) is 4.91. The fraction of sp³-hybridized carbons (Fsp3) is 0.533. The summed E-state index contributed by atoms with van der Waals surface area (Å²) in [6.45, 7) is 2.11. The van der Waals surface area contributed by atoms with E-state index in [0.29, 0.717) is 0 Å². The van der Waals surface area contributed by atoms with Crippen LogP contribution >= 0.6 is 0 Å². The number of para-hydroxylation sites is 2. The van der Waals surface area contributed by atoms with E-state index in [2.05, 4.69) is 29.6 Å². The number of benzene rings is 1. The van der Waals surface area contributed by atoms with E-state index in [-0.39, 0.29) is 6.10 Å². The minimum absolute atomic E-state index is 0.148. The summed E-state index contributed by atoms with van der Waals surface area (Å²) in [5.74, 6) is 1.11. The Morgan fingerprint density at radius 2 is 2.06 bits per heavy atom. The maximum absolute atomic E-state index is 9.71. The van der Waals surface area contributed by atoms with Crippen molar-refractivity contribution in [3.05, 3.63) is 30.1 Å². The fourth-order valence-electron chi connectivity index (χ4n) is 2.39. The maximum Gasteiger partial charge on any atom is 0.109 e. The van der Waals surface area contributed by atoms with Crippen LogP contribution in [0.1, 0.15) is 38.4 Å². The number of aliphatic hydroxyl groups excluding tert-OH is 1. The molecule has 0 saturated heterocycles. The SMILES string of the molecule is CCCC(O)CCCc1nc2ccccc2n1C. The van der Waals surface area contributed by atoms with Gasteiger partial charge in [-0.05, 0) is 31.4 Å². The molecule has 1 heterocycles. The summed E-state index contributed by atoms with van der Waals surface area (Å²) in [5.41, 5.74) is 2.24. The lowest BCUT2D eigenvalue weighted by molar-refractivity contribution is 0.151. The number of imidazole rings is 1. The van der Waals surface area contributed by atoms with Crippen molar-refractivity contribution >= 4 is 11.0 Å². The molecule has 0 amide bonds. The van der Waals surface area contributed by atoms with Crippen LogP contribution in [0.15, 0.2) is 24.3 Å². The van der Waals surface area contributed by atoms with Crippen molar-refractivity contribution in [2.75, 3.05) is 0 Å². The van der Waals surface area contributed by atoms with Gasteiger partial charge in [-0.2, -0.15) is 0 Å². The van der Waals surface area contributed by atoms with Gasteiger partial charge in [0, 0.05) is 13.5 Å². The molecule has 0 fully saturated rings. The molecule has 0 bridgehead atoms. The molecule has 3 nitrogen and oxygen atoms in total. The minimum atomic E-state index is -0.148. The van der Waals surface area contributed by atoms with Crippen molar-refractivity contribution in [3.8, 4) is 0 Å². The number of hydrogen-bond donors (Lipinski definition) is 1. The van der Waals surface area contributed by atoms with Crippen LogP contribution in [0.4, 0.5) is 0 Å². The molecular formula is C15H22N2O. The highest BCUT2D eigenvalue weighted by atomic mass is 16.3. The molecule has 98 valence electrons. The van der Waals surface area contributed by atoms with Gasteiger partial charge in [0.1, 0.15) is 5.82 Å². The predicted molar refractivity (Wildman–Crippen MR) is 74.6 cm³/mol. The molecule has 1 N–H and O–H groups in total. The summed E-state index contributed by atoms with van der Waals surface area (Å²) >= 11 is 0. The molecule has 3 heteroatoms. The van der Waals surface area contributed by atoms with Crippen LogP contribution in [0.5, 0.6) is 0 Å². The van der Waals surface area contributed by atoms with Crippen molar-refractivity contribution in [1.82, 2.24) is 9.55 Å². The van der Waals surface area contributed by atoms with Gasteiger partial charge < -0.3 is 9.67 Å². The van der Waals surface area contributed by atoms with E-state index < -0.39 is 0 Å². The number of aryl methyl sites for hydroxylation is 2. The Balaban J connectivity index is 1.97. The average Bonchev–Trinajstić information content (AvgIpc) is 2.68. The van der Waals surface area contributed by atoms with Crippen molar-refractivity contribution in [2.45, 2.75) is 45.1 Å². The van der Waals surface area contributed by atoms with Crippen LogP contribution in [0.3, 0.4) is 0 Å². The Bertz CT molecular complexity index is 504. The van der Waals surface area contributed by atoms with E-state index >= 15 is 0 Å². The molecule has 2 aromatic rings. The number of fused-ring (bicyclic) bond motifs is 1. The number of aromatic nitrogens is 2. The zero-order chi connectivity index (χ0) is 13.0. The molecule has 1 unspecified atom stereocenters. The molecule has 0 aliphatic rings. The Morgan fingerprint density at radius 3 is 2.78 bits per heavy atom. The van der Waals surface area contributed by atoms with Gasteiger partial charge in [0.15, 0.2) is 0 Å². The number of nitrogens with zero attached hydrogens (tertiary/aromatic N) is 2. The largest absolute Gasteiger partial charge is 0.393 e. The van der Waals surface area contributed by atoms with Gasteiger partial charge in [-0.15, -0.1) is 0 Å². The first-order valence-corrected chi connectivity index (χ1v) is 6.80. The van der Waals surface area contributed by atoms with E-state index in [1.807, 2.05) is 18.2 Å². The summed E-state index contributed by atoms with van der Waals surface area (Å²) < 4.78 is 2.15. The Kier molecular flexibility index (Phi) is 4.37. The number of hydrogen-bond acceptors (Lipinski definition) is 2. The molecule has 0 saturated carbocycles. The van der Waals surface area contributed by atoms with E-state index in [1.54, 1.807) is 0 Å². The van der Waals surface area contributed by atoms with Gasteiger partial charge in [-0.25, -0.2) is 4.98 Å². The van der Waals surface area contributed by atoms with E-state index in [4.69, 9.17) is 0 Å². The first kappa shape index (κ1) is 13.1. The number of aliphatic hydroxyl groups is 1. The molecule has 18 heavy (non-hydrogen) atoms. The Morgan fingerprint density at radius 1 is 1.28 bits per heavy atom. The highest BCUT2D eigenvalue weighted by Gasteiger charge is 2.08. The van der Waals surface area contributed by atoms with Crippen molar-refractivity contribution in [1.29, 1.82) is 0 Å². The first-order chi connectivity index (χ1) is 8.72. The van der Waals surface area contributed by atoms with Gasteiger partial charge in [0.05, 0.1) is 17.1 Å². The van der Waals surface area contributed by atoms with Crippen LogP contribution < -0.4 is 0 Å². The maximum atomic E-state index is 9.71. The van der Waals surface area contributed by atoms with Gasteiger partial charge in [-0.1, -0.05) is 25.5 Å². The topological polar surface area (TPSA) is 38.1 Å². The van der Waals surface area contributed by atoms with Crippen LogP contribution in [0.25, 0.3) is 11.0 Å². The molecule has 1 aromatic carbocycles. The molecule has 1 atom stereocenters. The summed E-state index contributed by atoms with van der Waals surface area (Å²) in [6, 6.07) is 8.20. The lowest BCUT2D eigenvalue weighted by Crippen LogP contribution is -2.07. The number of rotatable bonds is 6. The molecule has 0 radical (unpaired) electrons. The highest BCUT2D eigenvalue weighted by Crippen LogP contribution is 2.16. The van der Waals surface area contributed by atoms with E-state index in [9.17, 15) is 5.11 Å². The molecule has 0 aliphatic carbocycles. The quantitative estimate of drug-likeness (QED) is 0.850. The van der Waals surface area contributed by atoms with Crippen LogP contribution in [0, 0.1) is 0 Å². The van der Waals surface area contributed by atoms with Crippen molar-refractivity contribution < 1.29 is 5.11 Å². The summed E-state index contributed by atoms with van der Waals surface area (Å²) in [5, 5.41) is 9.71. The van der Waals surface area contributed by atoms with Gasteiger partial charge in [0.2, 0.25) is 0 Å². The van der Waals surface area contributed by atoms with Crippen LogP contribution in [0.2, 0.25) is 0 Å². The van der Waals surface area contributed by atoms with Gasteiger partial charge in [-0.3, -0.25) is 0 Å². The molecular weight excluding hydrogens is 224 g/mol. The van der Waals surface area contributed by atoms with Crippen LogP contribution in [-0.2, 0) is 13.5 Å². The molecule has 2 rings (SSSR count). The standard InChI is InChI=1S/C15H22N2O/c1-3-7-12(18)8-6-11-15-16-13-9-4-5-10-14(13)17(15)2/h4-5,9-10,12,18H,3,6-8,11H2,1-2H3. The van der Waals surface area contributed by atoms with E-state index in [1.165, 1.54) is 5.52 Å². The fourth-order valence-corrected chi connectivity index (χ4v) is 2.39. The van der Waals surface area contributed by atoms with Crippen LogP contribution in [-0.4, -0.2) is 20.8 Å². The third kappa shape index (κ3) is 2.91. The predicted octanol–water partition coefficient (Wildman–Crippen LogP) is 3.06. The third-order valence-electron chi connectivity index (χ3n) is 3.44. The van der Waals surface area contributed by atoms with E-state index in [0.717, 1.165) is 43.4 Å². The van der Waals surface area contributed by atoms with Gasteiger partial charge in [0.25, 0.3) is 0 Å². The molecule has 1 aromatic heterocycles. The lowest BCUT2D eigenvalue weighted by atomic mass is 10.1. The zero-order valence-electron chi connectivity index (χ0n) is 11.3. The monoisotopic (exact) mass is 246 g/mol. The molecule has 0 aliphatic heterocycles. The van der Waals surface area contributed by atoms with Crippen molar-refractivity contribution in [2.24, 2.45) is 7.05 Å². The summed E-state index contributed by atoms with van der Waals surface area (Å²) in [7, 11) is 2.06. The summed E-state index contributed by atoms with van der Waals surface area (Å²) in [6.07, 6.45) is 4.61. The second kappa shape index (κ2) is 6.01. The highest BCUT2D eigenvalue weighted by molar-refractivity contribution is 5.75. The van der Waals surface area contributed by atoms with Gasteiger partial charge >= 0.3 is 0 Å². The Labute approximate surface area is 108 Å². The normalized spacial score (nSPS) is 13.1.